The van der Waals surface area contributed by atoms with E-state index in [-0.39, 0.29) is 30.4 Å². The van der Waals surface area contributed by atoms with E-state index in [0.29, 0.717) is 26.1 Å². The lowest BCUT2D eigenvalue weighted by Gasteiger charge is -2.22. The molecule has 1 aromatic rings. The predicted molar refractivity (Wildman–Crippen MR) is 91.8 cm³/mol. The first-order chi connectivity index (χ1) is 9.97. The maximum atomic E-state index is 11.9. The summed E-state index contributed by atoms with van der Waals surface area (Å²) < 4.78 is 12.0. The smallest absolute Gasteiger partial charge is 0.220 e. The Morgan fingerprint density at radius 3 is 2.50 bits per heavy atom. The Morgan fingerprint density at radius 1 is 1.32 bits per heavy atom. The van der Waals surface area contributed by atoms with E-state index in [2.05, 4.69) is 21.2 Å². The zero-order valence-electron chi connectivity index (χ0n) is 12.7. The SMILES string of the molecule is CC(N)CCC(=O)NC(C)c1cc2c(cc1Br)OCCO2.Cl. The van der Waals surface area contributed by atoms with Crippen molar-refractivity contribution in [3.8, 4) is 11.5 Å². The third-order valence-corrected chi connectivity index (χ3v) is 4.02. The van der Waals surface area contributed by atoms with Crippen molar-refractivity contribution in [1.29, 1.82) is 0 Å². The van der Waals surface area contributed by atoms with Crippen LogP contribution in [0.1, 0.15) is 38.3 Å². The second kappa shape index (κ2) is 8.60. The zero-order valence-corrected chi connectivity index (χ0v) is 15.1. The van der Waals surface area contributed by atoms with Gasteiger partial charge in [0.2, 0.25) is 5.91 Å². The summed E-state index contributed by atoms with van der Waals surface area (Å²) in [5.74, 6) is 1.45. The summed E-state index contributed by atoms with van der Waals surface area (Å²) in [5.41, 5.74) is 6.63. The molecular formula is C15H22BrClN2O3. The van der Waals surface area contributed by atoms with Crippen LogP contribution in [0.25, 0.3) is 0 Å². The number of nitrogens with one attached hydrogen (secondary N) is 1. The van der Waals surface area contributed by atoms with E-state index < -0.39 is 0 Å². The van der Waals surface area contributed by atoms with Crippen molar-refractivity contribution in [1.82, 2.24) is 5.32 Å². The largest absolute Gasteiger partial charge is 0.486 e. The maximum absolute atomic E-state index is 11.9. The molecule has 0 saturated carbocycles. The monoisotopic (exact) mass is 392 g/mol. The lowest BCUT2D eigenvalue weighted by atomic mass is 10.1. The molecule has 2 unspecified atom stereocenters. The standard InChI is InChI=1S/C15H21BrN2O3.ClH/c1-9(17)3-4-15(19)18-10(2)11-7-13-14(8-12(11)16)21-6-5-20-13;/h7-10H,3-6,17H2,1-2H3,(H,18,19);1H. The highest BCUT2D eigenvalue weighted by atomic mass is 79.9. The van der Waals surface area contributed by atoms with E-state index in [4.69, 9.17) is 15.2 Å². The normalized spacial score (nSPS) is 15.5. The minimum atomic E-state index is -0.115. The molecule has 0 spiro atoms. The molecule has 2 rings (SSSR count). The Hall–Kier alpha value is -0.980. The van der Waals surface area contributed by atoms with Gasteiger partial charge in [0.05, 0.1) is 6.04 Å². The third kappa shape index (κ3) is 5.04. The van der Waals surface area contributed by atoms with Crippen LogP contribution in [0, 0.1) is 0 Å². The van der Waals surface area contributed by atoms with Crippen LogP contribution in [0.2, 0.25) is 0 Å². The third-order valence-electron chi connectivity index (χ3n) is 3.33. The van der Waals surface area contributed by atoms with Crippen LogP contribution >= 0.6 is 28.3 Å². The van der Waals surface area contributed by atoms with Crippen molar-refractivity contribution in [3.63, 3.8) is 0 Å². The number of carbonyl (C=O) groups is 1. The molecule has 1 aliphatic heterocycles. The van der Waals surface area contributed by atoms with Gasteiger partial charge in [-0.05, 0) is 38.0 Å². The topological polar surface area (TPSA) is 73.6 Å². The maximum Gasteiger partial charge on any atom is 0.220 e. The Morgan fingerprint density at radius 2 is 1.91 bits per heavy atom. The molecule has 1 heterocycles. The van der Waals surface area contributed by atoms with E-state index >= 15 is 0 Å². The zero-order chi connectivity index (χ0) is 15.4. The van der Waals surface area contributed by atoms with Gasteiger partial charge in [0, 0.05) is 16.9 Å². The average molecular weight is 394 g/mol. The van der Waals surface area contributed by atoms with Gasteiger partial charge in [-0.25, -0.2) is 0 Å². The van der Waals surface area contributed by atoms with Crippen LogP contribution in [-0.4, -0.2) is 25.2 Å². The van der Waals surface area contributed by atoms with E-state index in [1.807, 2.05) is 26.0 Å². The van der Waals surface area contributed by atoms with Gasteiger partial charge < -0.3 is 20.5 Å². The molecule has 0 bridgehead atoms. The Kier molecular flexibility index (Phi) is 7.45. The summed E-state index contributed by atoms with van der Waals surface area (Å²) in [6.07, 6.45) is 1.12. The molecular weight excluding hydrogens is 372 g/mol. The van der Waals surface area contributed by atoms with Crippen molar-refractivity contribution in [3.05, 3.63) is 22.2 Å². The number of ether oxygens (including phenoxy) is 2. The number of fused-ring (bicyclic) bond motifs is 1. The summed E-state index contributed by atoms with van der Waals surface area (Å²) in [5, 5.41) is 2.98. The van der Waals surface area contributed by atoms with Gasteiger partial charge in [0.25, 0.3) is 0 Å². The molecule has 124 valence electrons. The first-order valence-electron chi connectivity index (χ1n) is 7.11. The number of hydrogen-bond acceptors (Lipinski definition) is 4. The van der Waals surface area contributed by atoms with Gasteiger partial charge in [-0.3, -0.25) is 4.79 Å². The highest BCUT2D eigenvalue weighted by Gasteiger charge is 2.19. The number of hydrogen-bond donors (Lipinski definition) is 2. The van der Waals surface area contributed by atoms with Crippen LogP contribution in [0.4, 0.5) is 0 Å². The molecule has 0 aliphatic carbocycles. The molecule has 5 nitrogen and oxygen atoms in total. The summed E-state index contributed by atoms with van der Waals surface area (Å²) in [6.45, 7) is 4.94. The van der Waals surface area contributed by atoms with Gasteiger partial charge in [-0.1, -0.05) is 15.9 Å². The van der Waals surface area contributed by atoms with Crippen molar-refractivity contribution in [2.24, 2.45) is 5.73 Å². The Bertz CT molecular complexity index is 526. The molecule has 1 amide bonds. The van der Waals surface area contributed by atoms with Gasteiger partial charge in [0.15, 0.2) is 11.5 Å². The van der Waals surface area contributed by atoms with E-state index in [0.717, 1.165) is 21.5 Å². The fraction of sp³-hybridized carbons (Fsp3) is 0.533. The minimum absolute atomic E-state index is 0. The first-order valence-corrected chi connectivity index (χ1v) is 7.90. The van der Waals surface area contributed by atoms with Crippen LogP contribution in [0.15, 0.2) is 16.6 Å². The summed E-state index contributed by atoms with van der Waals surface area (Å²) in [7, 11) is 0. The van der Waals surface area contributed by atoms with Gasteiger partial charge >= 0.3 is 0 Å². The molecule has 0 radical (unpaired) electrons. The number of nitrogens with two attached hydrogens (primary N) is 1. The number of amides is 1. The fourth-order valence-corrected chi connectivity index (χ4v) is 2.83. The molecule has 3 N–H and O–H groups in total. The highest BCUT2D eigenvalue weighted by molar-refractivity contribution is 9.10. The lowest BCUT2D eigenvalue weighted by Crippen LogP contribution is -2.28. The Balaban J connectivity index is 0.00000242. The lowest BCUT2D eigenvalue weighted by molar-refractivity contribution is -0.121. The number of carbonyl (C=O) groups excluding carboxylic acids is 1. The van der Waals surface area contributed by atoms with Crippen LogP contribution < -0.4 is 20.5 Å². The van der Waals surface area contributed by atoms with Gasteiger partial charge in [-0.15, -0.1) is 12.4 Å². The predicted octanol–water partition coefficient (Wildman–Crippen LogP) is 2.95. The van der Waals surface area contributed by atoms with Crippen molar-refractivity contribution < 1.29 is 14.3 Å². The molecule has 0 fully saturated rings. The second-order valence-electron chi connectivity index (χ2n) is 5.32. The number of rotatable bonds is 5. The molecule has 2 atom stereocenters. The van der Waals surface area contributed by atoms with Crippen LogP contribution in [0.5, 0.6) is 11.5 Å². The average Bonchev–Trinajstić information content (AvgIpc) is 2.44. The minimum Gasteiger partial charge on any atom is -0.486 e. The van der Waals surface area contributed by atoms with Crippen LogP contribution in [0.3, 0.4) is 0 Å². The number of benzene rings is 1. The van der Waals surface area contributed by atoms with Crippen molar-refractivity contribution in [2.75, 3.05) is 13.2 Å². The molecule has 0 saturated heterocycles. The molecule has 0 aromatic heterocycles. The molecule has 7 heteroatoms. The highest BCUT2D eigenvalue weighted by Crippen LogP contribution is 2.37. The molecule has 22 heavy (non-hydrogen) atoms. The van der Waals surface area contributed by atoms with Crippen LogP contribution in [-0.2, 0) is 4.79 Å². The first kappa shape index (κ1) is 19.1. The second-order valence-corrected chi connectivity index (χ2v) is 6.18. The van der Waals surface area contributed by atoms with Gasteiger partial charge in [-0.2, -0.15) is 0 Å². The fourth-order valence-electron chi connectivity index (χ4n) is 2.16. The molecule has 1 aromatic carbocycles. The van der Waals surface area contributed by atoms with E-state index in [9.17, 15) is 4.79 Å². The van der Waals surface area contributed by atoms with Crippen molar-refractivity contribution in [2.45, 2.75) is 38.8 Å². The summed E-state index contributed by atoms with van der Waals surface area (Å²) in [6, 6.07) is 3.71. The number of halogens is 2. The van der Waals surface area contributed by atoms with Crippen molar-refractivity contribution >= 4 is 34.2 Å². The molecule has 1 aliphatic rings. The van der Waals surface area contributed by atoms with E-state index in [1.165, 1.54) is 0 Å². The van der Waals surface area contributed by atoms with Gasteiger partial charge in [0.1, 0.15) is 13.2 Å². The summed E-state index contributed by atoms with van der Waals surface area (Å²) in [4.78, 5) is 11.9. The Labute approximate surface area is 145 Å². The summed E-state index contributed by atoms with van der Waals surface area (Å²) >= 11 is 3.52. The quantitative estimate of drug-likeness (QED) is 0.806. The van der Waals surface area contributed by atoms with E-state index in [1.54, 1.807) is 0 Å².